The predicted octanol–water partition coefficient (Wildman–Crippen LogP) is 0.414. The molecule has 0 bridgehead atoms. The van der Waals surface area contributed by atoms with Crippen LogP contribution in [-0.2, 0) is 0 Å². The molecule has 0 spiro atoms. The van der Waals surface area contributed by atoms with Crippen LogP contribution in [0.4, 0.5) is 0 Å². The van der Waals surface area contributed by atoms with E-state index in [1.54, 1.807) is 0 Å². The zero-order valence-electron chi connectivity index (χ0n) is 4.97. The molecule has 3 nitrogen and oxygen atoms in total. The zero-order chi connectivity index (χ0) is 7.56. The van der Waals surface area contributed by atoms with Crippen molar-refractivity contribution in [2.75, 3.05) is 0 Å². The summed E-state index contributed by atoms with van der Waals surface area (Å²) in [6.45, 7) is 0. The standard InChI is InChI=1S/C6H4N2OS/c1-2-4-3-7-6(10)8-5(4)9/h1,3H,(H2,7,8,9,10). The number of hydrogen-bond acceptors (Lipinski definition) is 2. The fourth-order valence-electron chi connectivity index (χ4n) is 0.517. The minimum atomic E-state index is -0.328. The molecule has 0 radical (unpaired) electrons. The first-order chi connectivity index (χ1) is 4.74. The van der Waals surface area contributed by atoms with Crippen molar-refractivity contribution in [2.45, 2.75) is 0 Å². The van der Waals surface area contributed by atoms with Gasteiger partial charge < -0.3 is 4.98 Å². The quantitative estimate of drug-likeness (QED) is 0.418. The summed E-state index contributed by atoms with van der Waals surface area (Å²) in [5.41, 5.74) is -0.0696. The Morgan fingerprint density at radius 2 is 2.40 bits per heavy atom. The van der Waals surface area contributed by atoms with E-state index in [2.05, 4.69) is 28.1 Å². The van der Waals surface area contributed by atoms with Gasteiger partial charge in [-0.3, -0.25) is 9.78 Å². The molecule has 50 valence electrons. The second kappa shape index (κ2) is 2.50. The van der Waals surface area contributed by atoms with Gasteiger partial charge in [-0.15, -0.1) is 6.42 Å². The van der Waals surface area contributed by atoms with E-state index in [1.807, 2.05) is 0 Å². The summed E-state index contributed by atoms with van der Waals surface area (Å²) in [4.78, 5) is 15.7. The Bertz CT molecular complexity index is 382. The van der Waals surface area contributed by atoms with Gasteiger partial charge in [0.15, 0.2) is 4.77 Å². The fraction of sp³-hybridized carbons (Fsp3) is 0. The van der Waals surface area contributed by atoms with Crippen LogP contribution in [0.5, 0.6) is 0 Å². The molecule has 0 saturated carbocycles. The number of terminal acetylenes is 1. The molecule has 4 heteroatoms. The molecule has 0 atom stereocenters. The van der Waals surface area contributed by atoms with Crippen LogP contribution >= 0.6 is 12.2 Å². The minimum absolute atomic E-state index is 0.258. The average Bonchev–Trinajstić information content (AvgIpc) is 1.88. The lowest BCUT2D eigenvalue weighted by molar-refractivity contribution is 1.08. The zero-order valence-corrected chi connectivity index (χ0v) is 5.79. The van der Waals surface area contributed by atoms with Gasteiger partial charge in [-0.25, -0.2) is 0 Å². The molecule has 0 aliphatic heterocycles. The summed E-state index contributed by atoms with van der Waals surface area (Å²) in [5, 5.41) is 0. The lowest BCUT2D eigenvalue weighted by Gasteiger charge is -1.86. The number of hydrogen-bond donors (Lipinski definition) is 2. The summed E-state index contributed by atoms with van der Waals surface area (Å²) in [7, 11) is 0. The largest absolute Gasteiger partial charge is 0.337 e. The van der Waals surface area contributed by atoms with Crippen LogP contribution in [0.1, 0.15) is 5.56 Å². The Morgan fingerprint density at radius 1 is 1.70 bits per heavy atom. The Kier molecular flexibility index (Phi) is 1.69. The average molecular weight is 152 g/mol. The van der Waals surface area contributed by atoms with Gasteiger partial charge in [-0.1, -0.05) is 5.92 Å². The van der Waals surface area contributed by atoms with Crippen LogP contribution in [0.2, 0.25) is 0 Å². The highest BCUT2D eigenvalue weighted by Gasteiger charge is 1.90. The third-order valence-electron chi connectivity index (χ3n) is 0.975. The van der Waals surface area contributed by atoms with Crippen LogP contribution in [0.25, 0.3) is 0 Å². The van der Waals surface area contributed by atoms with E-state index < -0.39 is 0 Å². The Balaban J connectivity index is 3.53. The van der Waals surface area contributed by atoms with Gasteiger partial charge in [0.2, 0.25) is 0 Å². The molecule has 0 amide bonds. The van der Waals surface area contributed by atoms with Gasteiger partial charge in [-0.05, 0) is 12.2 Å². The molecule has 1 heterocycles. The van der Waals surface area contributed by atoms with Crippen molar-refractivity contribution in [3.8, 4) is 12.3 Å². The van der Waals surface area contributed by atoms with Gasteiger partial charge in [0, 0.05) is 6.20 Å². The first-order valence-corrected chi connectivity index (χ1v) is 2.93. The number of H-pyrrole nitrogens is 2. The topological polar surface area (TPSA) is 48.6 Å². The summed E-state index contributed by atoms with van der Waals surface area (Å²) < 4.78 is 0.281. The first-order valence-electron chi connectivity index (χ1n) is 2.52. The summed E-state index contributed by atoms with van der Waals surface area (Å²) in [6.07, 6.45) is 6.38. The molecule has 0 saturated heterocycles. The molecule has 0 aliphatic rings. The maximum absolute atomic E-state index is 10.8. The Morgan fingerprint density at radius 3 is 2.90 bits per heavy atom. The summed E-state index contributed by atoms with van der Waals surface area (Å²) in [5.74, 6) is 2.20. The molecule has 0 aromatic carbocycles. The molecule has 10 heavy (non-hydrogen) atoms. The highest BCUT2D eigenvalue weighted by molar-refractivity contribution is 7.71. The lowest BCUT2D eigenvalue weighted by Crippen LogP contribution is -2.10. The first kappa shape index (κ1) is 6.78. The van der Waals surface area contributed by atoms with Crippen LogP contribution in [0.3, 0.4) is 0 Å². The van der Waals surface area contributed by atoms with Gasteiger partial charge in [-0.2, -0.15) is 0 Å². The number of rotatable bonds is 0. The third-order valence-corrected chi connectivity index (χ3v) is 1.19. The second-order valence-corrected chi connectivity index (χ2v) is 2.04. The molecule has 0 aliphatic carbocycles. The van der Waals surface area contributed by atoms with E-state index in [0.717, 1.165) is 0 Å². The number of aromatic nitrogens is 2. The van der Waals surface area contributed by atoms with Gasteiger partial charge in [0.1, 0.15) is 5.56 Å². The number of aromatic amines is 2. The maximum Gasteiger partial charge on any atom is 0.267 e. The number of nitrogens with one attached hydrogen (secondary N) is 2. The van der Waals surface area contributed by atoms with E-state index >= 15 is 0 Å². The smallest absolute Gasteiger partial charge is 0.267 e. The molecular weight excluding hydrogens is 148 g/mol. The van der Waals surface area contributed by atoms with Crippen molar-refractivity contribution in [1.82, 2.24) is 9.97 Å². The summed E-state index contributed by atoms with van der Waals surface area (Å²) in [6, 6.07) is 0. The fourth-order valence-corrected chi connectivity index (χ4v) is 0.669. The van der Waals surface area contributed by atoms with Gasteiger partial charge >= 0.3 is 0 Å². The van der Waals surface area contributed by atoms with E-state index in [0.29, 0.717) is 0 Å². The molecule has 0 unspecified atom stereocenters. The van der Waals surface area contributed by atoms with Crippen LogP contribution in [0.15, 0.2) is 11.0 Å². The highest BCUT2D eigenvalue weighted by atomic mass is 32.1. The van der Waals surface area contributed by atoms with Crippen LogP contribution in [-0.4, -0.2) is 9.97 Å². The molecule has 2 N–H and O–H groups in total. The second-order valence-electron chi connectivity index (χ2n) is 1.63. The SMILES string of the molecule is C#Cc1c[nH]c(=S)[nH]c1=O. The third kappa shape index (κ3) is 1.14. The Hall–Kier alpha value is -1.34. The van der Waals surface area contributed by atoms with Gasteiger partial charge in [0.25, 0.3) is 5.56 Å². The van der Waals surface area contributed by atoms with Crippen LogP contribution < -0.4 is 5.56 Å². The molecule has 1 rings (SSSR count). The van der Waals surface area contributed by atoms with E-state index in [9.17, 15) is 4.79 Å². The van der Waals surface area contributed by atoms with Crippen molar-refractivity contribution in [1.29, 1.82) is 0 Å². The van der Waals surface area contributed by atoms with E-state index in [1.165, 1.54) is 6.20 Å². The molecule has 1 aromatic rings. The van der Waals surface area contributed by atoms with Crippen molar-refractivity contribution >= 4 is 12.2 Å². The van der Waals surface area contributed by atoms with E-state index in [-0.39, 0.29) is 15.9 Å². The summed E-state index contributed by atoms with van der Waals surface area (Å²) >= 11 is 4.63. The van der Waals surface area contributed by atoms with Crippen molar-refractivity contribution in [3.05, 3.63) is 26.9 Å². The van der Waals surface area contributed by atoms with Crippen molar-refractivity contribution in [2.24, 2.45) is 0 Å². The minimum Gasteiger partial charge on any atom is -0.337 e. The normalized spacial score (nSPS) is 8.70. The molecule has 0 fully saturated rings. The highest BCUT2D eigenvalue weighted by Crippen LogP contribution is 1.80. The van der Waals surface area contributed by atoms with Crippen molar-refractivity contribution in [3.63, 3.8) is 0 Å². The van der Waals surface area contributed by atoms with Gasteiger partial charge in [0.05, 0.1) is 0 Å². The monoisotopic (exact) mass is 152 g/mol. The molecular formula is C6H4N2OS. The van der Waals surface area contributed by atoms with Crippen LogP contribution in [0, 0.1) is 17.1 Å². The maximum atomic E-state index is 10.8. The Labute approximate surface area is 62.1 Å². The van der Waals surface area contributed by atoms with E-state index in [4.69, 9.17) is 6.42 Å². The lowest BCUT2D eigenvalue weighted by atomic mass is 10.4. The van der Waals surface area contributed by atoms with Crippen molar-refractivity contribution < 1.29 is 0 Å². The molecule has 1 aromatic heterocycles. The predicted molar refractivity (Wildman–Crippen MR) is 40.2 cm³/mol.